The summed E-state index contributed by atoms with van der Waals surface area (Å²) in [5.41, 5.74) is 16.4. The molecule has 1 rings (SSSR count). The zero-order chi connectivity index (χ0) is 29.7. The van der Waals surface area contributed by atoms with E-state index >= 15 is 0 Å². The first kappa shape index (κ1) is 33.0. The number of aliphatic hydroxyl groups excluding tert-OH is 1. The molecule has 0 aliphatic carbocycles. The van der Waals surface area contributed by atoms with E-state index in [9.17, 15) is 39.0 Å². The molecular formula is C23H38N8O8. The third-order valence-corrected chi connectivity index (χ3v) is 5.81. The Labute approximate surface area is 225 Å². The van der Waals surface area contributed by atoms with Gasteiger partial charge in [-0.3, -0.25) is 33.8 Å². The van der Waals surface area contributed by atoms with Crippen LogP contribution in [0.15, 0.2) is 17.1 Å². The second-order valence-electron chi connectivity index (χ2n) is 9.07. The molecule has 0 aromatic carbocycles. The van der Waals surface area contributed by atoms with Gasteiger partial charge in [0.1, 0.15) is 12.1 Å². The Hall–Kier alpha value is -4.05. The van der Waals surface area contributed by atoms with E-state index in [-0.39, 0.29) is 36.8 Å². The van der Waals surface area contributed by atoms with Crippen LogP contribution in [-0.4, -0.2) is 107 Å². The Morgan fingerprint density at radius 3 is 2.33 bits per heavy atom. The van der Waals surface area contributed by atoms with Gasteiger partial charge in [-0.1, -0.05) is 6.58 Å². The van der Waals surface area contributed by atoms with Crippen LogP contribution in [0.25, 0.3) is 0 Å². The molecule has 11 N–H and O–H groups in total. The van der Waals surface area contributed by atoms with Gasteiger partial charge in [-0.2, -0.15) is 0 Å². The van der Waals surface area contributed by atoms with Crippen molar-refractivity contribution in [1.82, 2.24) is 20.9 Å². The molecule has 0 radical (unpaired) electrons. The number of nitrogens with zero attached hydrogens (tertiary/aromatic N) is 2. The normalized spacial score (nSPS) is 16.8. The van der Waals surface area contributed by atoms with Crippen LogP contribution in [0.3, 0.4) is 0 Å². The maximum Gasteiger partial charge on any atom is 0.305 e. The number of aliphatic carboxylic acids is 1. The average Bonchev–Trinajstić information content (AvgIpc) is 3.36. The summed E-state index contributed by atoms with van der Waals surface area (Å²) in [6, 6.07) is -4.86. The first-order chi connectivity index (χ1) is 18.3. The number of amides is 4. The number of hydrogen-bond donors (Lipinski definition) is 8. The molecule has 4 amide bonds. The van der Waals surface area contributed by atoms with Crippen molar-refractivity contribution in [3.05, 3.63) is 12.2 Å². The summed E-state index contributed by atoms with van der Waals surface area (Å²) in [6.07, 6.45) is 0.713. The van der Waals surface area contributed by atoms with Gasteiger partial charge in [0.05, 0.1) is 31.7 Å². The van der Waals surface area contributed by atoms with Gasteiger partial charge >= 0.3 is 5.97 Å². The number of ketones is 1. The topological polar surface area (TPSA) is 273 Å². The van der Waals surface area contributed by atoms with E-state index in [1.807, 2.05) is 0 Å². The molecule has 1 aliphatic heterocycles. The predicted molar refractivity (Wildman–Crippen MR) is 139 cm³/mol. The number of likely N-dealkylation sites (tertiary alicyclic amines) is 1. The summed E-state index contributed by atoms with van der Waals surface area (Å²) < 4.78 is 0. The maximum atomic E-state index is 13.0. The van der Waals surface area contributed by atoms with Gasteiger partial charge in [-0.05, 0) is 38.2 Å². The molecule has 1 aliphatic rings. The van der Waals surface area contributed by atoms with Gasteiger partial charge in [0.25, 0.3) is 0 Å². The lowest BCUT2D eigenvalue weighted by atomic mass is 10.0. The predicted octanol–water partition coefficient (Wildman–Crippen LogP) is -3.94. The monoisotopic (exact) mass is 554 g/mol. The van der Waals surface area contributed by atoms with E-state index in [1.165, 1.54) is 11.8 Å². The molecule has 0 saturated carbocycles. The standard InChI is InChI=1S/C23H38N8O8/c1-12(2)19(36)16-6-4-8-31(16)22(39)15(11-32)30-21(38)14(9-18(34)35)29-17(33)10-28-20(37)13(24)5-3-7-27-23(25)26/h13-16,32H,1,3-11,24H2,2H3,(H,28,37)(H,29,33)(H,30,38)(H,34,35)(H4,25,26,27)/t13-,14-,15-,16-/m0/s1. The number of carboxylic acid groups (broad SMARTS) is 1. The van der Waals surface area contributed by atoms with Crippen molar-refractivity contribution in [2.75, 3.05) is 26.2 Å². The highest BCUT2D eigenvalue weighted by Crippen LogP contribution is 2.21. The minimum atomic E-state index is -1.63. The number of Topliss-reactive ketones (excluding diaryl/α,β-unsaturated/α-hetero) is 1. The summed E-state index contributed by atoms with van der Waals surface area (Å²) in [4.78, 5) is 78.8. The Balaban J connectivity index is 2.75. The smallest absolute Gasteiger partial charge is 0.305 e. The van der Waals surface area contributed by atoms with Crippen molar-refractivity contribution in [3.8, 4) is 0 Å². The summed E-state index contributed by atoms with van der Waals surface area (Å²) in [5.74, 6) is -5.21. The van der Waals surface area contributed by atoms with Crippen molar-refractivity contribution in [1.29, 1.82) is 0 Å². The molecule has 4 atom stereocenters. The first-order valence-electron chi connectivity index (χ1n) is 12.3. The molecule has 0 spiro atoms. The number of nitrogens with one attached hydrogen (secondary N) is 3. The van der Waals surface area contributed by atoms with Crippen molar-refractivity contribution in [2.45, 2.75) is 63.2 Å². The lowest BCUT2D eigenvalue weighted by molar-refractivity contribution is -0.143. The number of nitrogens with two attached hydrogens (primary N) is 3. The molecule has 0 bridgehead atoms. The summed E-state index contributed by atoms with van der Waals surface area (Å²) in [5, 5.41) is 25.6. The fourth-order valence-electron chi connectivity index (χ4n) is 3.82. The van der Waals surface area contributed by atoms with Gasteiger partial charge in [0.15, 0.2) is 11.7 Å². The third-order valence-electron chi connectivity index (χ3n) is 5.81. The minimum Gasteiger partial charge on any atom is -0.481 e. The quantitative estimate of drug-likeness (QED) is 0.0394. The number of aliphatic hydroxyl groups is 1. The highest BCUT2D eigenvalue weighted by atomic mass is 16.4. The first-order valence-corrected chi connectivity index (χ1v) is 12.3. The molecule has 0 unspecified atom stereocenters. The van der Waals surface area contributed by atoms with Crippen molar-refractivity contribution in [2.24, 2.45) is 22.2 Å². The highest BCUT2D eigenvalue weighted by molar-refractivity contribution is 6.02. The molecule has 16 nitrogen and oxygen atoms in total. The van der Waals surface area contributed by atoms with Crippen LogP contribution in [0.5, 0.6) is 0 Å². The van der Waals surface area contributed by atoms with Gasteiger partial charge in [0.2, 0.25) is 23.6 Å². The molecule has 0 aromatic heterocycles. The number of hydrogen-bond acceptors (Lipinski definition) is 9. The van der Waals surface area contributed by atoms with Crippen LogP contribution >= 0.6 is 0 Å². The number of rotatable bonds is 16. The van der Waals surface area contributed by atoms with Crippen molar-refractivity contribution >= 4 is 41.3 Å². The average molecular weight is 555 g/mol. The van der Waals surface area contributed by atoms with Crippen molar-refractivity contribution < 1.29 is 39.0 Å². The van der Waals surface area contributed by atoms with E-state index in [0.29, 0.717) is 19.3 Å². The maximum absolute atomic E-state index is 13.0. The van der Waals surface area contributed by atoms with E-state index < -0.39 is 73.3 Å². The zero-order valence-electron chi connectivity index (χ0n) is 21.9. The van der Waals surface area contributed by atoms with Gasteiger partial charge in [0, 0.05) is 13.1 Å². The Kier molecular flexibility index (Phi) is 13.6. The van der Waals surface area contributed by atoms with Crippen LogP contribution in [0.2, 0.25) is 0 Å². The molecule has 0 aromatic rings. The van der Waals surface area contributed by atoms with Crippen LogP contribution in [-0.2, 0) is 28.8 Å². The summed E-state index contributed by atoms with van der Waals surface area (Å²) >= 11 is 0. The molecule has 218 valence electrons. The summed E-state index contributed by atoms with van der Waals surface area (Å²) in [6.45, 7) is 4.15. The molecular weight excluding hydrogens is 516 g/mol. The van der Waals surface area contributed by atoms with Gasteiger partial charge in [-0.15, -0.1) is 0 Å². The fourth-order valence-corrected chi connectivity index (χ4v) is 3.82. The van der Waals surface area contributed by atoms with Gasteiger partial charge < -0.3 is 48.3 Å². The molecule has 16 heteroatoms. The molecule has 1 saturated heterocycles. The highest BCUT2D eigenvalue weighted by Gasteiger charge is 2.38. The van der Waals surface area contributed by atoms with Crippen LogP contribution in [0.4, 0.5) is 0 Å². The number of carbonyl (C=O) groups is 6. The number of aliphatic imine (C=N–C) groups is 1. The number of carbonyl (C=O) groups excluding carboxylic acids is 5. The van der Waals surface area contributed by atoms with E-state index in [1.54, 1.807) is 0 Å². The molecule has 1 fully saturated rings. The lowest BCUT2D eigenvalue weighted by Crippen LogP contribution is -2.58. The fraction of sp³-hybridized carbons (Fsp3) is 0.609. The van der Waals surface area contributed by atoms with Crippen molar-refractivity contribution in [3.63, 3.8) is 0 Å². The van der Waals surface area contributed by atoms with E-state index in [2.05, 4.69) is 27.5 Å². The summed E-state index contributed by atoms with van der Waals surface area (Å²) in [7, 11) is 0. The Bertz CT molecular complexity index is 981. The zero-order valence-corrected chi connectivity index (χ0v) is 21.9. The van der Waals surface area contributed by atoms with Crippen LogP contribution in [0.1, 0.15) is 39.0 Å². The number of guanidine groups is 1. The lowest BCUT2D eigenvalue weighted by Gasteiger charge is -2.28. The van der Waals surface area contributed by atoms with Crippen LogP contribution < -0.4 is 33.2 Å². The largest absolute Gasteiger partial charge is 0.481 e. The molecule has 39 heavy (non-hydrogen) atoms. The second-order valence-corrected chi connectivity index (χ2v) is 9.07. The van der Waals surface area contributed by atoms with E-state index in [0.717, 1.165) is 0 Å². The third kappa shape index (κ3) is 11.1. The SMILES string of the molecule is C=C(C)C(=O)[C@@H]1CCCN1C(=O)[C@H](CO)NC(=O)[C@H](CC(=O)O)NC(=O)CNC(=O)[C@@H](N)CCCN=C(N)N. The van der Waals surface area contributed by atoms with Gasteiger partial charge in [-0.25, -0.2) is 0 Å². The Morgan fingerprint density at radius 1 is 1.10 bits per heavy atom. The minimum absolute atomic E-state index is 0.0996. The number of carboxylic acids is 1. The second kappa shape index (κ2) is 16.0. The molecule has 1 heterocycles. The van der Waals surface area contributed by atoms with Crippen LogP contribution in [0, 0.1) is 0 Å². The Morgan fingerprint density at radius 2 is 1.77 bits per heavy atom. The van der Waals surface area contributed by atoms with E-state index in [4.69, 9.17) is 17.2 Å².